The lowest BCUT2D eigenvalue weighted by atomic mass is 10.0. The van der Waals surface area contributed by atoms with E-state index in [-0.39, 0.29) is 0 Å². The fourth-order valence-electron chi connectivity index (χ4n) is 2.65. The molecule has 0 bridgehead atoms. The summed E-state index contributed by atoms with van der Waals surface area (Å²) in [7, 11) is 0. The van der Waals surface area contributed by atoms with Gasteiger partial charge in [-0.3, -0.25) is 4.79 Å². The van der Waals surface area contributed by atoms with Gasteiger partial charge in [0.05, 0.1) is 0 Å². The minimum atomic E-state index is -0.653. The van der Waals surface area contributed by atoms with Crippen molar-refractivity contribution in [2.45, 2.75) is 124 Å². The quantitative estimate of drug-likeness (QED) is 0.277. The normalized spacial score (nSPS) is 10.6. The summed E-state index contributed by atoms with van der Waals surface area (Å²) >= 11 is 0. The van der Waals surface area contributed by atoms with Crippen LogP contribution >= 0.6 is 0 Å². The van der Waals surface area contributed by atoms with Crippen LogP contribution in [0, 0.1) is 5.92 Å². The van der Waals surface area contributed by atoms with E-state index in [9.17, 15) is 4.79 Å². The van der Waals surface area contributed by atoms with E-state index in [4.69, 9.17) is 10.8 Å². The third-order valence-corrected chi connectivity index (χ3v) is 4.47. The molecule has 0 spiro atoms. The fourth-order valence-corrected chi connectivity index (χ4v) is 2.65. The first-order valence-corrected chi connectivity index (χ1v) is 11.0. The molecule has 0 saturated heterocycles. The maximum absolute atomic E-state index is 10.3. The van der Waals surface area contributed by atoms with Gasteiger partial charge in [-0.15, -0.1) is 0 Å². The zero-order valence-electron chi connectivity index (χ0n) is 17.5. The molecule has 0 atom stereocenters. The number of carboxylic acids is 1. The number of hydrogen-bond donors (Lipinski definition) is 2. The maximum atomic E-state index is 10.3. The molecule has 0 aromatic carbocycles. The van der Waals surface area contributed by atoms with Gasteiger partial charge in [-0.05, 0) is 18.9 Å². The van der Waals surface area contributed by atoms with Gasteiger partial charge >= 0.3 is 5.97 Å². The van der Waals surface area contributed by atoms with E-state index in [0.29, 0.717) is 12.3 Å². The summed E-state index contributed by atoms with van der Waals surface area (Å²) in [5.41, 5.74) is 5.17. The van der Waals surface area contributed by atoms with Gasteiger partial charge in [0.25, 0.3) is 0 Å². The van der Waals surface area contributed by atoms with Crippen molar-refractivity contribution >= 4 is 5.97 Å². The molecule has 3 heteroatoms. The van der Waals surface area contributed by atoms with Gasteiger partial charge in [0.2, 0.25) is 0 Å². The van der Waals surface area contributed by atoms with Crippen LogP contribution in [-0.4, -0.2) is 17.6 Å². The van der Waals surface area contributed by atoms with Crippen LogP contribution in [-0.2, 0) is 4.79 Å². The standard InChI is InChI=1S/C18H36O2.C4H11N/c1-2-3-4-5-6-7-8-9-10-11-12-13-14-15-16-17-18(19)20;1-4(2)3-5/h2-17H2,1H3,(H,19,20);4H,3,5H2,1-2H3. The van der Waals surface area contributed by atoms with Crippen LogP contribution in [0.5, 0.6) is 0 Å². The molecule has 0 aromatic heterocycles. The van der Waals surface area contributed by atoms with Crippen molar-refractivity contribution in [3.05, 3.63) is 0 Å². The van der Waals surface area contributed by atoms with Crippen LogP contribution in [0.2, 0.25) is 0 Å². The predicted octanol–water partition coefficient (Wildman–Crippen LogP) is 6.93. The van der Waals surface area contributed by atoms with Gasteiger partial charge in [0.15, 0.2) is 0 Å². The first-order valence-electron chi connectivity index (χ1n) is 11.0. The van der Waals surface area contributed by atoms with Crippen LogP contribution in [0.4, 0.5) is 0 Å². The summed E-state index contributed by atoms with van der Waals surface area (Å²) in [6, 6.07) is 0. The minimum absolute atomic E-state index is 0.345. The second-order valence-corrected chi connectivity index (χ2v) is 7.72. The zero-order valence-corrected chi connectivity index (χ0v) is 17.5. The molecule has 0 aliphatic rings. The summed E-state index contributed by atoms with van der Waals surface area (Å²) in [5, 5.41) is 8.52. The number of aliphatic carboxylic acids is 1. The minimum Gasteiger partial charge on any atom is -0.481 e. The van der Waals surface area contributed by atoms with Gasteiger partial charge in [0.1, 0.15) is 0 Å². The summed E-state index contributed by atoms with van der Waals surface area (Å²) in [4.78, 5) is 10.3. The van der Waals surface area contributed by atoms with Crippen molar-refractivity contribution in [2.24, 2.45) is 11.7 Å². The van der Waals surface area contributed by atoms with Crippen molar-refractivity contribution in [2.75, 3.05) is 6.54 Å². The highest BCUT2D eigenvalue weighted by molar-refractivity contribution is 5.66. The Morgan fingerprint density at radius 1 is 0.720 bits per heavy atom. The van der Waals surface area contributed by atoms with E-state index in [2.05, 4.69) is 20.8 Å². The molecular weight excluding hydrogens is 310 g/mol. The highest BCUT2D eigenvalue weighted by atomic mass is 16.4. The Kier molecular flexibility index (Phi) is 25.0. The fraction of sp³-hybridized carbons (Fsp3) is 0.955. The number of rotatable bonds is 17. The van der Waals surface area contributed by atoms with E-state index in [1.165, 1.54) is 83.5 Å². The van der Waals surface area contributed by atoms with Crippen molar-refractivity contribution < 1.29 is 9.90 Å². The second kappa shape index (κ2) is 23.4. The largest absolute Gasteiger partial charge is 0.481 e. The number of unbranched alkanes of at least 4 members (excludes halogenated alkanes) is 14. The summed E-state index contributed by atoms with van der Waals surface area (Å²) in [6.07, 6.45) is 20.2. The first kappa shape index (κ1) is 26.7. The maximum Gasteiger partial charge on any atom is 0.303 e. The number of carboxylic acid groups (broad SMARTS) is 1. The van der Waals surface area contributed by atoms with Crippen molar-refractivity contribution in [3.63, 3.8) is 0 Å². The average molecular weight is 358 g/mol. The molecule has 0 saturated carbocycles. The van der Waals surface area contributed by atoms with Gasteiger partial charge < -0.3 is 10.8 Å². The molecule has 0 aliphatic heterocycles. The molecule has 0 aliphatic carbocycles. The molecule has 0 heterocycles. The van der Waals surface area contributed by atoms with Gasteiger partial charge in [-0.2, -0.15) is 0 Å². The molecule has 0 fully saturated rings. The van der Waals surface area contributed by atoms with Crippen molar-refractivity contribution in [3.8, 4) is 0 Å². The van der Waals surface area contributed by atoms with Gasteiger partial charge in [-0.25, -0.2) is 0 Å². The highest BCUT2D eigenvalue weighted by Crippen LogP contribution is 2.13. The molecule has 0 radical (unpaired) electrons. The van der Waals surface area contributed by atoms with Crippen molar-refractivity contribution in [1.29, 1.82) is 0 Å². The smallest absolute Gasteiger partial charge is 0.303 e. The van der Waals surface area contributed by atoms with E-state index in [1.54, 1.807) is 0 Å². The molecule has 0 aromatic rings. The lowest BCUT2D eigenvalue weighted by Gasteiger charge is -2.03. The average Bonchev–Trinajstić information content (AvgIpc) is 2.58. The lowest BCUT2D eigenvalue weighted by molar-refractivity contribution is -0.137. The van der Waals surface area contributed by atoms with E-state index >= 15 is 0 Å². The predicted molar refractivity (Wildman–Crippen MR) is 111 cm³/mol. The zero-order chi connectivity index (χ0) is 19.2. The monoisotopic (exact) mass is 357 g/mol. The Labute approximate surface area is 158 Å². The number of carbonyl (C=O) groups is 1. The lowest BCUT2D eigenvalue weighted by Crippen LogP contribution is -2.05. The Morgan fingerprint density at radius 2 is 1.00 bits per heavy atom. The van der Waals surface area contributed by atoms with Crippen LogP contribution in [0.15, 0.2) is 0 Å². The Bertz CT molecular complexity index is 254. The van der Waals surface area contributed by atoms with E-state index in [0.717, 1.165) is 19.4 Å². The van der Waals surface area contributed by atoms with Crippen LogP contribution in [0.25, 0.3) is 0 Å². The third-order valence-electron chi connectivity index (χ3n) is 4.47. The van der Waals surface area contributed by atoms with Gasteiger partial charge in [-0.1, -0.05) is 111 Å². The highest BCUT2D eigenvalue weighted by Gasteiger charge is 1.97. The molecule has 152 valence electrons. The van der Waals surface area contributed by atoms with E-state index < -0.39 is 5.97 Å². The number of hydrogen-bond acceptors (Lipinski definition) is 2. The molecule has 0 unspecified atom stereocenters. The Morgan fingerprint density at radius 3 is 1.24 bits per heavy atom. The molecule has 0 rings (SSSR count). The van der Waals surface area contributed by atoms with Gasteiger partial charge in [0, 0.05) is 6.42 Å². The summed E-state index contributed by atoms with van der Waals surface area (Å²) < 4.78 is 0. The third kappa shape index (κ3) is 31.7. The number of nitrogens with two attached hydrogens (primary N) is 1. The second-order valence-electron chi connectivity index (χ2n) is 7.72. The Hall–Kier alpha value is -0.570. The SMILES string of the molecule is CC(C)CN.CCCCCCCCCCCCCCCCCC(=O)O. The van der Waals surface area contributed by atoms with Crippen molar-refractivity contribution in [1.82, 2.24) is 0 Å². The first-order chi connectivity index (χ1) is 12.0. The summed E-state index contributed by atoms with van der Waals surface area (Å²) in [6.45, 7) is 7.27. The van der Waals surface area contributed by atoms with Crippen LogP contribution < -0.4 is 5.73 Å². The molecule has 3 nitrogen and oxygen atoms in total. The van der Waals surface area contributed by atoms with E-state index in [1.807, 2.05) is 0 Å². The molecular formula is C22H47NO2. The molecule has 25 heavy (non-hydrogen) atoms. The summed E-state index contributed by atoms with van der Waals surface area (Å²) in [5.74, 6) is 0.00898. The van der Waals surface area contributed by atoms with Crippen LogP contribution in [0.3, 0.4) is 0 Å². The Balaban J connectivity index is 0. The molecule has 3 N–H and O–H groups in total. The van der Waals surface area contributed by atoms with Crippen LogP contribution in [0.1, 0.15) is 124 Å². The topological polar surface area (TPSA) is 63.3 Å². The molecule has 0 amide bonds.